The zero-order valence-electron chi connectivity index (χ0n) is 13.8. The number of nitrogens with zero attached hydrogens (tertiary/aromatic N) is 3. The van der Waals surface area contributed by atoms with Crippen LogP contribution in [0.1, 0.15) is 50.5 Å². The summed E-state index contributed by atoms with van der Waals surface area (Å²) in [6.07, 6.45) is 3.48. The van der Waals surface area contributed by atoms with Crippen LogP contribution in [0.4, 0.5) is 0 Å². The van der Waals surface area contributed by atoms with Crippen molar-refractivity contribution in [2.75, 3.05) is 0 Å². The van der Waals surface area contributed by atoms with Crippen molar-refractivity contribution in [2.24, 2.45) is 5.92 Å². The third-order valence-corrected chi connectivity index (χ3v) is 3.50. The fourth-order valence-electron chi connectivity index (χ4n) is 2.38. The number of nitrogens with one attached hydrogen (secondary N) is 1. The molecule has 124 valence electrons. The molecule has 1 amide bonds. The summed E-state index contributed by atoms with van der Waals surface area (Å²) >= 11 is 0. The molecule has 0 aliphatic heterocycles. The van der Waals surface area contributed by atoms with E-state index >= 15 is 0 Å². The average molecular weight is 318 g/mol. The molecule has 0 aromatic carbocycles. The highest BCUT2D eigenvalue weighted by Gasteiger charge is 2.22. The lowest BCUT2D eigenvalue weighted by atomic mass is 10.0. The molecule has 0 spiro atoms. The van der Waals surface area contributed by atoms with E-state index in [2.05, 4.69) is 15.4 Å². The quantitative estimate of drug-likeness (QED) is 0.851. The molecule has 0 radical (unpaired) electrons. The Balaban J connectivity index is 2.22. The molecule has 0 unspecified atom stereocenters. The van der Waals surface area contributed by atoms with Gasteiger partial charge in [0.25, 0.3) is 5.91 Å². The van der Waals surface area contributed by atoms with Crippen molar-refractivity contribution in [3.8, 4) is 0 Å². The molecule has 7 heteroatoms. The number of hydrogen-bond acceptors (Lipinski definition) is 4. The molecule has 0 fully saturated rings. The predicted octanol–water partition coefficient (Wildman–Crippen LogP) is 2.24. The van der Waals surface area contributed by atoms with Gasteiger partial charge >= 0.3 is 5.97 Å². The fraction of sp³-hybridized carbons (Fsp3) is 0.500. The van der Waals surface area contributed by atoms with E-state index in [0.717, 1.165) is 5.39 Å². The summed E-state index contributed by atoms with van der Waals surface area (Å²) in [6.45, 7) is 7.82. The monoisotopic (exact) mass is 318 g/mol. The molecule has 1 atom stereocenters. The van der Waals surface area contributed by atoms with Crippen molar-refractivity contribution in [3.05, 3.63) is 24.0 Å². The maximum atomic E-state index is 12.3. The van der Waals surface area contributed by atoms with Crippen molar-refractivity contribution in [2.45, 2.75) is 46.2 Å². The summed E-state index contributed by atoms with van der Waals surface area (Å²) in [4.78, 5) is 27.8. The van der Waals surface area contributed by atoms with Crippen LogP contribution >= 0.6 is 0 Å². The zero-order valence-corrected chi connectivity index (χ0v) is 13.8. The van der Waals surface area contributed by atoms with Crippen molar-refractivity contribution in [3.63, 3.8) is 0 Å². The van der Waals surface area contributed by atoms with Gasteiger partial charge in [0.05, 0.1) is 11.8 Å². The Hall–Kier alpha value is -2.44. The SMILES string of the molecule is CC(C)C[C@H](NC(=O)c1cnc2c(cnn2C(C)C)c1)C(=O)O. The topological polar surface area (TPSA) is 97.1 Å². The molecule has 2 rings (SSSR count). The van der Waals surface area contributed by atoms with Crippen LogP contribution in [0, 0.1) is 5.92 Å². The highest BCUT2D eigenvalue weighted by molar-refractivity contribution is 5.98. The first kappa shape index (κ1) is 16.9. The van der Waals surface area contributed by atoms with Crippen molar-refractivity contribution < 1.29 is 14.7 Å². The number of hydrogen-bond donors (Lipinski definition) is 2. The van der Waals surface area contributed by atoms with Gasteiger partial charge in [0.2, 0.25) is 0 Å². The Morgan fingerprint density at radius 1 is 1.26 bits per heavy atom. The molecule has 0 saturated carbocycles. The molecule has 7 nitrogen and oxygen atoms in total. The summed E-state index contributed by atoms with van der Waals surface area (Å²) in [5.41, 5.74) is 1.03. The molecular formula is C16H22N4O3. The largest absolute Gasteiger partial charge is 0.480 e. The second-order valence-electron chi connectivity index (χ2n) is 6.31. The molecule has 2 heterocycles. The lowest BCUT2D eigenvalue weighted by Gasteiger charge is -2.16. The van der Waals surface area contributed by atoms with Gasteiger partial charge in [-0.25, -0.2) is 14.5 Å². The van der Waals surface area contributed by atoms with Gasteiger partial charge in [0, 0.05) is 17.6 Å². The average Bonchev–Trinajstić information content (AvgIpc) is 2.88. The van der Waals surface area contributed by atoms with Crippen LogP contribution < -0.4 is 5.32 Å². The Bertz CT molecular complexity index is 721. The first-order chi connectivity index (χ1) is 10.8. The van der Waals surface area contributed by atoms with Crippen LogP contribution in [-0.2, 0) is 4.79 Å². The van der Waals surface area contributed by atoms with Gasteiger partial charge in [-0.05, 0) is 32.3 Å². The van der Waals surface area contributed by atoms with Crippen LogP contribution in [0.15, 0.2) is 18.5 Å². The maximum Gasteiger partial charge on any atom is 0.326 e. The third kappa shape index (κ3) is 3.85. The van der Waals surface area contributed by atoms with E-state index < -0.39 is 17.9 Å². The molecule has 0 bridgehead atoms. The first-order valence-electron chi connectivity index (χ1n) is 7.66. The number of carbonyl (C=O) groups excluding carboxylic acids is 1. The minimum absolute atomic E-state index is 0.168. The minimum atomic E-state index is -1.03. The number of rotatable bonds is 6. The van der Waals surface area contributed by atoms with Gasteiger partial charge in [-0.15, -0.1) is 0 Å². The van der Waals surface area contributed by atoms with E-state index in [1.54, 1.807) is 16.9 Å². The van der Waals surface area contributed by atoms with E-state index in [9.17, 15) is 14.7 Å². The van der Waals surface area contributed by atoms with Gasteiger partial charge in [0.15, 0.2) is 5.65 Å². The molecule has 0 aliphatic carbocycles. The Labute approximate surface area is 134 Å². The van der Waals surface area contributed by atoms with Gasteiger partial charge < -0.3 is 10.4 Å². The lowest BCUT2D eigenvalue weighted by Crippen LogP contribution is -2.41. The third-order valence-electron chi connectivity index (χ3n) is 3.50. The molecule has 0 saturated heterocycles. The van der Waals surface area contributed by atoms with Crippen LogP contribution in [0.3, 0.4) is 0 Å². The Morgan fingerprint density at radius 3 is 2.52 bits per heavy atom. The van der Waals surface area contributed by atoms with Crippen molar-refractivity contribution >= 4 is 22.9 Å². The maximum absolute atomic E-state index is 12.3. The predicted molar refractivity (Wildman–Crippen MR) is 86.3 cm³/mol. The Morgan fingerprint density at radius 2 is 1.96 bits per heavy atom. The fourth-order valence-corrected chi connectivity index (χ4v) is 2.38. The first-order valence-corrected chi connectivity index (χ1v) is 7.66. The van der Waals surface area contributed by atoms with Crippen LogP contribution in [0.25, 0.3) is 11.0 Å². The number of carbonyl (C=O) groups is 2. The zero-order chi connectivity index (χ0) is 17.1. The van der Waals surface area contributed by atoms with Crippen LogP contribution in [0.5, 0.6) is 0 Å². The smallest absolute Gasteiger partial charge is 0.326 e. The second kappa shape index (κ2) is 6.76. The van der Waals surface area contributed by atoms with Gasteiger partial charge in [-0.2, -0.15) is 5.10 Å². The number of aliphatic carboxylic acids is 1. The summed E-state index contributed by atoms with van der Waals surface area (Å²) in [5, 5.41) is 16.8. The van der Waals surface area contributed by atoms with Crippen LogP contribution in [-0.4, -0.2) is 37.8 Å². The second-order valence-corrected chi connectivity index (χ2v) is 6.31. The standard InChI is InChI=1S/C16H22N4O3/c1-9(2)5-13(16(22)23)19-15(21)12-6-11-8-18-20(10(3)4)14(11)17-7-12/h6-10,13H,5H2,1-4H3,(H,19,21)(H,22,23)/t13-/m0/s1. The van der Waals surface area contributed by atoms with Crippen molar-refractivity contribution in [1.82, 2.24) is 20.1 Å². The van der Waals surface area contributed by atoms with Gasteiger partial charge in [-0.1, -0.05) is 13.8 Å². The van der Waals surface area contributed by atoms with E-state index in [0.29, 0.717) is 17.6 Å². The molecule has 2 aromatic rings. The van der Waals surface area contributed by atoms with E-state index in [-0.39, 0.29) is 12.0 Å². The number of amides is 1. The molecule has 2 N–H and O–H groups in total. The number of carboxylic acids is 1. The van der Waals surface area contributed by atoms with Crippen LogP contribution in [0.2, 0.25) is 0 Å². The van der Waals surface area contributed by atoms with E-state index in [1.807, 2.05) is 27.7 Å². The molecular weight excluding hydrogens is 296 g/mol. The lowest BCUT2D eigenvalue weighted by molar-refractivity contribution is -0.139. The number of aromatic nitrogens is 3. The minimum Gasteiger partial charge on any atom is -0.480 e. The summed E-state index contributed by atoms with van der Waals surface area (Å²) in [5.74, 6) is -1.31. The number of pyridine rings is 1. The highest BCUT2D eigenvalue weighted by atomic mass is 16.4. The number of fused-ring (bicyclic) bond motifs is 1. The highest BCUT2D eigenvalue weighted by Crippen LogP contribution is 2.17. The number of carboxylic acid groups (broad SMARTS) is 1. The normalized spacial score (nSPS) is 12.8. The van der Waals surface area contributed by atoms with E-state index in [1.165, 1.54) is 6.20 Å². The van der Waals surface area contributed by atoms with E-state index in [4.69, 9.17) is 0 Å². The molecule has 2 aromatic heterocycles. The molecule has 23 heavy (non-hydrogen) atoms. The summed E-state index contributed by atoms with van der Waals surface area (Å²) < 4.78 is 1.77. The van der Waals surface area contributed by atoms with Crippen molar-refractivity contribution in [1.29, 1.82) is 0 Å². The molecule has 0 aliphatic rings. The summed E-state index contributed by atoms with van der Waals surface area (Å²) in [6, 6.07) is 0.941. The summed E-state index contributed by atoms with van der Waals surface area (Å²) in [7, 11) is 0. The van der Waals surface area contributed by atoms with Gasteiger partial charge in [-0.3, -0.25) is 4.79 Å². The Kier molecular flexibility index (Phi) is 4.98. The van der Waals surface area contributed by atoms with Gasteiger partial charge in [0.1, 0.15) is 6.04 Å².